The standard InChI is InChI=1S/C67H42N2/c1-3-19-43(20-4-1)47-23-10-15-33-59(47)68-62-40-38-46(42-54(62)65-48(28-17-35-63(65)68)44-21-5-2-6-22-44)45-37-39-61-53(41-45)51-26-11-16-34-60(51)69(61)64-36-18-32-58-66(64)52-27-9-14-31-57(52)67(58)55-29-12-7-24-49(55)50-25-8-13-30-56(50)67/h1-42H/i11D,16D,26D,34D,37D,39D,41D. The molecule has 0 radical (unpaired) electrons. The molecular weight excluding hydrogens is 833 g/mol. The lowest BCUT2D eigenvalue weighted by Crippen LogP contribution is -2.25. The fourth-order valence-corrected chi connectivity index (χ4v) is 12.1. The number of para-hydroxylation sites is 2. The van der Waals surface area contributed by atoms with Crippen molar-refractivity contribution in [1.82, 2.24) is 9.13 Å². The zero-order valence-corrected chi connectivity index (χ0v) is 37.1. The van der Waals surface area contributed by atoms with E-state index in [2.05, 4.69) is 144 Å². The van der Waals surface area contributed by atoms with Crippen molar-refractivity contribution in [2.24, 2.45) is 0 Å². The van der Waals surface area contributed by atoms with Crippen LogP contribution in [-0.2, 0) is 5.41 Å². The molecule has 15 rings (SSSR count). The van der Waals surface area contributed by atoms with E-state index in [1.807, 2.05) is 72.8 Å². The average molecular weight is 882 g/mol. The third-order valence-corrected chi connectivity index (χ3v) is 14.8. The molecule has 320 valence electrons. The van der Waals surface area contributed by atoms with Crippen LogP contribution >= 0.6 is 0 Å². The molecular formula is C67H42N2. The van der Waals surface area contributed by atoms with Crippen LogP contribution in [0.5, 0.6) is 0 Å². The minimum Gasteiger partial charge on any atom is -0.309 e. The molecule has 69 heavy (non-hydrogen) atoms. The van der Waals surface area contributed by atoms with E-state index in [-0.39, 0.29) is 57.6 Å². The van der Waals surface area contributed by atoms with Crippen LogP contribution < -0.4 is 0 Å². The van der Waals surface area contributed by atoms with Gasteiger partial charge in [-0.1, -0.05) is 206 Å². The molecule has 11 aromatic carbocycles. The number of hydrogen-bond donors (Lipinski definition) is 0. The second kappa shape index (κ2) is 14.5. The number of hydrogen-bond acceptors (Lipinski definition) is 0. The maximum atomic E-state index is 10.4. The molecule has 0 unspecified atom stereocenters. The minimum atomic E-state index is -0.711. The Morgan fingerprint density at radius 3 is 1.62 bits per heavy atom. The van der Waals surface area contributed by atoms with Gasteiger partial charge in [0, 0.05) is 32.7 Å². The summed E-state index contributed by atoms with van der Waals surface area (Å²) >= 11 is 0. The predicted molar refractivity (Wildman–Crippen MR) is 288 cm³/mol. The summed E-state index contributed by atoms with van der Waals surface area (Å²) in [6.45, 7) is 0. The highest BCUT2D eigenvalue weighted by Gasteiger charge is 2.52. The molecule has 0 atom stereocenters. The second-order valence-corrected chi connectivity index (χ2v) is 18.1. The molecule has 0 saturated heterocycles. The fourth-order valence-electron chi connectivity index (χ4n) is 12.1. The molecule has 2 aromatic heterocycles. The molecule has 2 aliphatic rings. The summed E-state index contributed by atoms with van der Waals surface area (Å²) in [5.74, 6) is 0. The van der Waals surface area contributed by atoms with Crippen molar-refractivity contribution in [3.63, 3.8) is 0 Å². The monoisotopic (exact) mass is 881 g/mol. The zero-order chi connectivity index (χ0) is 51.3. The quantitative estimate of drug-likeness (QED) is 0.163. The summed E-state index contributed by atoms with van der Waals surface area (Å²) in [4.78, 5) is 0. The van der Waals surface area contributed by atoms with Crippen LogP contribution in [0.1, 0.15) is 31.8 Å². The van der Waals surface area contributed by atoms with Crippen molar-refractivity contribution in [1.29, 1.82) is 0 Å². The molecule has 0 bridgehead atoms. The highest BCUT2D eigenvalue weighted by Crippen LogP contribution is 2.63. The lowest BCUT2D eigenvalue weighted by molar-refractivity contribution is 0.793. The predicted octanol–water partition coefficient (Wildman–Crippen LogP) is 17.2. The highest BCUT2D eigenvalue weighted by molar-refractivity contribution is 6.17. The van der Waals surface area contributed by atoms with Gasteiger partial charge in [-0.2, -0.15) is 0 Å². The molecule has 0 saturated carbocycles. The van der Waals surface area contributed by atoms with E-state index in [1.54, 1.807) is 4.57 Å². The first-order chi connectivity index (χ1) is 37.2. The van der Waals surface area contributed by atoms with Crippen molar-refractivity contribution in [2.75, 3.05) is 0 Å². The van der Waals surface area contributed by atoms with E-state index < -0.39 is 17.5 Å². The van der Waals surface area contributed by atoms with Crippen LogP contribution in [0.3, 0.4) is 0 Å². The van der Waals surface area contributed by atoms with Gasteiger partial charge in [0.1, 0.15) is 0 Å². The Morgan fingerprint density at radius 1 is 0.319 bits per heavy atom. The third kappa shape index (κ3) is 5.20. The van der Waals surface area contributed by atoms with Gasteiger partial charge in [-0.25, -0.2) is 0 Å². The molecule has 0 fully saturated rings. The summed E-state index contributed by atoms with van der Waals surface area (Å²) in [7, 11) is 0. The van der Waals surface area contributed by atoms with Crippen molar-refractivity contribution in [2.45, 2.75) is 5.41 Å². The summed E-state index contributed by atoms with van der Waals surface area (Å²) in [6, 6.07) is 71.0. The molecule has 0 amide bonds. The Bertz CT molecular complexity index is 4620. The zero-order valence-electron chi connectivity index (χ0n) is 44.1. The van der Waals surface area contributed by atoms with Gasteiger partial charge in [-0.05, 0) is 115 Å². The van der Waals surface area contributed by atoms with E-state index >= 15 is 0 Å². The van der Waals surface area contributed by atoms with Crippen LogP contribution in [0.15, 0.2) is 255 Å². The first-order valence-electron chi connectivity index (χ1n) is 26.9. The van der Waals surface area contributed by atoms with Crippen LogP contribution in [0.25, 0.3) is 111 Å². The van der Waals surface area contributed by atoms with Crippen molar-refractivity contribution < 1.29 is 9.60 Å². The largest absolute Gasteiger partial charge is 0.309 e. The van der Waals surface area contributed by atoms with Gasteiger partial charge in [0.05, 0.1) is 48.5 Å². The minimum absolute atomic E-state index is 0.0892. The van der Waals surface area contributed by atoms with Crippen LogP contribution in [0.2, 0.25) is 0 Å². The van der Waals surface area contributed by atoms with Gasteiger partial charge in [0.25, 0.3) is 0 Å². The summed E-state index contributed by atoms with van der Waals surface area (Å²) in [5, 5.41) is 2.22. The summed E-state index contributed by atoms with van der Waals surface area (Å²) in [6.07, 6.45) is 0. The van der Waals surface area contributed by atoms with Gasteiger partial charge in [-0.3, -0.25) is 0 Å². The van der Waals surface area contributed by atoms with Gasteiger partial charge < -0.3 is 9.13 Å². The Hall–Kier alpha value is -8.98. The number of nitrogens with zero attached hydrogens (tertiary/aromatic N) is 2. The molecule has 1 spiro atoms. The van der Waals surface area contributed by atoms with Crippen LogP contribution in [0.4, 0.5) is 0 Å². The van der Waals surface area contributed by atoms with E-state index in [4.69, 9.17) is 2.74 Å². The number of aromatic nitrogens is 2. The average Bonchev–Trinajstić information content (AvgIpc) is 4.31. The molecule has 2 nitrogen and oxygen atoms in total. The van der Waals surface area contributed by atoms with E-state index in [0.29, 0.717) is 11.3 Å². The van der Waals surface area contributed by atoms with Crippen molar-refractivity contribution >= 4 is 43.6 Å². The molecule has 0 N–H and O–H groups in total. The summed E-state index contributed by atoms with van der Waals surface area (Å²) < 4.78 is 72.1. The smallest absolute Gasteiger partial charge is 0.0726 e. The Labute approximate surface area is 410 Å². The summed E-state index contributed by atoms with van der Waals surface area (Å²) in [5.41, 5.74) is 16.6. The number of rotatable bonds is 5. The SMILES string of the molecule is [2H]c1c([2H])c([2H])c2c(c1[2H])c1c([2H])c(-c3ccc4c(c3)c3c(-c5ccccc5)cccc3n4-c3ccccc3-c3ccccc3)c([2H])c([2H])c1n2-c1cccc2c1-c1ccccc1C21c2ccccc2-c2ccccc21. The van der Waals surface area contributed by atoms with Gasteiger partial charge in [-0.15, -0.1) is 0 Å². The van der Waals surface area contributed by atoms with E-state index in [0.717, 1.165) is 94.3 Å². The van der Waals surface area contributed by atoms with Gasteiger partial charge >= 0.3 is 0 Å². The molecule has 2 heterocycles. The number of benzene rings is 11. The molecule has 0 aliphatic heterocycles. The first kappa shape index (κ1) is 31.9. The van der Waals surface area contributed by atoms with Gasteiger partial charge in [0.2, 0.25) is 0 Å². The van der Waals surface area contributed by atoms with Crippen molar-refractivity contribution in [3.8, 4) is 67.0 Å². The van der Waals surface area contributed by atoms with Crippen LogP contribution in [-0.4, -0.2) is 9.13 Å². The van der Waals surface area contributed by atoms with Gasteiger partial charge in [0.15, 0.2) is 0 Å². The Morgan fingerprint density at radius 2 is 0.870 bits per heavy atom. The number of fused-ring (bicyclic) bond motifs is 16. The maximum absolute atomic E-state index is 10.4. The topological polar surface area (TPSA) is 9.86 Å². The molecule has 2 heteroatoms. The van der Waals surface area contributed by atoms with Crippen molar-refractivity contribution in [3.05, 3.63) is 277 Å². The van der Waals surface area contributed by atoms with E-state index in [1.165, 1.54) is 0 Å². The first-order valence-corrected chi connectivity index (χ1v) is 23.4. The van der Waals surface area contributed by atoms with Crippen LogP contribution in [0, 0.1) is 0 Å². The van der Waals surface area contributed by atoms with E-state index in [9.17, 15) is 6.85 Å². The Balaban J connectivity index is 1.03. The molecule has 2 aliphatic carbocycles. The normalized spacial score (nSPS) is 14.5. The third-order valence-electron chi connectivity index (χ3n) is 14.8. The lowest BCUT2D eigenvalue weighted by Gasteiger charge is -2.30. The second-order valence-electron chi connectivity index (χ2n) is 18.1. The highest BCUT2D eigenvalue weighted by atomic mass is 15.0. The Kier molecular flexibility index (Phi) is 6.70. The molecule has 13 aromatic rings. The maximum Gasteiger partial charge on any atom is 0.0726 e. The fraction of sp³-hybridized carbons (Fsp3) is 0.0149. The lowest BCUT2D eigenvalue weighted by atomic mass is 9.70.